The number of halogens is 1. The molecule has 0 aliphatic carbocycles. The molecule has 2 amide bonds. The molecule has 0 atom stereocenters. The minimum atomic E-state index is -0.395. The fourth-order valence-corrected chi connectivity index (χ4v) is 3.22. The van der Waals surface area contributed by atoms with Crippen molar-refractivity contribution in [2.75, 3.05) is 6.54 Å². The molecule has 3 aromatic rings. The highest BCUT2D eigenvalue weighted by Gasteiger charge is 2.27. The van der Waals surface area contributed by atoms with Gasteiger partial charge in [0.15, 0.2) is 5.69 Å². The van der Waals surface area contributed by atoms with Crippen LogP contribution in [0.2, 0.25) is 0 Å². The van der Waals surface area contributed by atoms with Crippen molar-refractivity contribution < 1.29 is 14.0 Å². The zero-order chi connectivity index (χ0) is 19.5. The molecular weight excluding hydrogens is 359 g/mol. The summed E-state index contributed by atoms with van der Waals surface area (Å²) in [5.41, 5.74) is 2.29. The van der Waals surface area contributed by atoms with E-state index in [4.69, 9.17) is 0 Å². The van der Waals surface area contributed by atoms with Crippen molar-refractivity contribution in [2.45, 2.75) is 19.6 Å². The van der Waals surface area contributed by atoms with Gasteiger partial charge < -0.3 is 10.2 Å². The molecule has 0 unspecified atom stereocenters. The Hall–Kier alpha value is -3.48. The summed E-state index contributed by atoms with van der Waals surface area (Å²) in [6, 6.07) is 17.3. The first-order valence-electron chi connectivity index (χ1n) is 9.04. The predicted octanol–water partition coefficient (Wildman–Crippen LogP) is 2.61. The Balaban J connectivity index is 1.44. The van der Waals surface area contributed by atoms with Crippen molar-refractivity contribution >= 4 is 11.8 Å². The fraction of sp³-hybridized carbons (Fsp3) is 0.190. The van der Waals surface area contributed by atoms with Crippen molar-refractivity contribution in [1.29, 1.82) is 0 Å². The van der Waals surface area contributed by atoms with Gasteiger partial charge in [-0.25, -0.2) is 4.39 Å². The van der Waals surface area contributed by atoms with E-state index in [1.165, 1.54) is 18.2 Å². The van der Waals surface area contributed by atoms with Gasteiger partial charge in [0, 0.05) is 25.7 Å². The number of hydrogen-bond acceptors (Lipinski definition) is 3. The second kappa shape index (κ2) is 7.64. The Morgan fingerprint density at radius 1 is 1.04 bits per heavy atom. The molecule has 0 saturated heterocycles. The average Bonchev–Trinajstić information content (AvgIpc) is 3.15. The molecule has 0 saturated carbocycles. The molecule has 2 aromatic carbocycles. The maximum absolute atomic E-state index is 13.2. The third-order valence-corrected chi connectivity index (χ3v) is 4.66. The number of carbonyl (C=O) groups excluding carboxylic acids is 2. The summed E-state index contributed by atoms with van der Waals surface area (Å²) in [5, 5.41) is 6.97. The molecule has 0 bridgehead atoms. The van der Waals surface area contributed by atoms with E-state index in [0.29, 0.717) is 30.9 Å². The largest absolute Gasteiger partial charge is 0.347 e. The monoisotopic (exact) mass is 378 g/mol. The number of benzene rings is 2. The maximum atomic E-state index is 13.2. The van der Waals surface area contributed by atoms with Gasteiger partial charge in [0.2, 0.25) is 0 Å². The number of hydrogen-bond donors (Lipinski definition) is 1. The third kappa shape index (κ3) is 3.78. The first-order valence-corrected chi connectivity index (χ1v) is 9.04. The molecule has 0 radical (unpaired) electrons. The lowest BCUT2D eigenvalue weighted by Crippen LogP contribution is -2.39. The fourth-order valence-electron chi connectivity index (χ4n) is 3.22. The lowest BCUT2D eigenvalue weighted by atomic mass is 10.2. The minimum absolute atomic E-state index is 0.146. The molecule has 4 rings (SSSR count). The molecule has 7 heteroatoms. The van der Waals surface area contributed by atoms with Crippen LogP contribution < -0.4 is 5.32 Å². The van der Waals surface area contributed by atoms with Crippen LogP contribution in [0.15, 0.2) is 60.7 Å². The highest BCUT2D eigenvalue weighted by molar-refractivity contribution is 5.98. The van der Waals surface area contributed by atoms with Gasteiger partial charge in [0.25, 0.3) is 11.8 Å². The summed E-state index contributed by atoms with van der Waals surface area (Å²) >= 11 is 0. The Labute approximate surface area is 161 Å². The van der Waals surface area contributed by atoms with Crippen LogP contribution in [-0.4, -0.2) is 33.0 Å². The molecule has 2 heterocycles. The molecule has 0 fully saturated rings. The Morgan fingerprint density at radius 2 is 1.82 bits per heavy atom. The van der Waals surface area contributed by atoms with E-state index in [-0.39, 0.29) is 24.0 Å². The minimum Gasteiger partial charge on any atom is -0.347 e. The van der Waals surface area contributed by atoms with Gasteiger partial charge in [-0.1, -0.05) is 42.5 Å². The number of amides is 2. The van der Waals surface area contributed by atoms with Crippen LogP contribution in [0.3, 0.4) is 0 Å². The molecule has 1 aliphatic rings. The van der Waals surface area contributed by atoms with Gasteiger partial charge >= 0.3 is 0 Å². The van der Waals surface area contributed by atoms with Crippen molar-refractivity contribution in [3.63, 3.8) is 0 Å². The average molecular weight is 378 g/mol. The van der Waals surface area contributed by atoms with Gasteiger partial charge in [-0.2, -0.15) is 5.10 Å². The Kier molecular flexibility index (Phi) is 4.89. The summed E-state index contributed by atoms with van der Waals surface area (Å²) in [6.45, 7) is 1.77. The molecule has 1 N–H and O–H groups in total. The van der Waals surface area contributed by atoms with Crippen molar-refractivity contribution in [3.8, 4) is 0 Å². The van der Waals surface area contributed by atoms with Gasteiger partial charge in [-0.15, -0.1) is 0 Å². The molecule has 142 valence electrons. The van der Waals surface area contributed by atoms with Crippen LogP contribution in [0.4, 0.5) is 4.39 Å². The Morgan fingerprint density at radius 3 is 2.61 bits per heavy atom. The zero-order valence-electron chi connectivity index (χ0n) is 15.1. The molecule has 1 aromatic heterocycles. The SMILES string of the molecule is O=C(NCc1cccc(F)c1)c1cc2n(n1)CCN(Cc1ccccc1)C2=O. The quantitative estimate of drug-likeness (QED) is 0.742. The molecule has 6 nitrogen and oxygen atoms in total. The topological polar surface area (TPSA) is 67.2 Å². The second-order valence-corrected chi connectivity index (χ2v) is 6.66. The first-order chi connectivity index (χ1) is 13.6. The van der Waals surface area contributed by atoms with Crippen LogP contribution in [-0.2, 0) is 19.6 Å². The highest BCUT2D eigenvalue weighted by Crippen LogP contribution is 2.16. The van der Waals surface area contributed by atoms with Crippen LogP contribution in [0, 0.1) is 5.82 Å². The predicted molar refractivity (Wildman–Crippen MR) is 101 cm³/mol. The van der Waals surface area contributed by atoms with Crippen molar-refractivity contribution in [2.24, 2.45) is 0 Å². The maximum Gasteiger partial charge on any atom is 0.272 e. The summed E-state index contributed by atoms with van der Waals surface area (Å²) in [4.78, 5) is 26.9. The summed E-state index contributed by atoms with van der Waals surface area (Å²) in [7, 11) is 0. The second-order valence-electron chi connectivity index (χ2n) is 6.66. The van der Waals surface area contributed by atoms with E-state index in [2.05, 4.69) is 10.4 Å². The van der Waals surface area contributed by atoms with Gasteiger partial charge in [-0.05, 0) is 23.3 Å². The standard InChI is InChI=1S/C21H19FN4O2/c22-17-8-4-7-16(11-17)13-23-20(27)18-12-19-21(28)25(9-10-26(19)24-18)14-15-5-2-1-3-6-15/h1-8,11-12H,9-10,13-14H2,(H,23,27). The summed E-state index contributed by atoms with van der Waals surface area (Å²) in [6.07, 6.45) is 0. The Bertz CT molecular complexity index is 1020. The van der Waals surface area contributed by atoms with Crippen LogP contribution in [0.25, 0.3) is 0 Å². The van der Waals surface area contributed by atoms with E-state index in [0.717, 1.165) is 5.56 Å². The molecule has 0 spiro atoms. The normalized spacial score (nSPS) is 13.3. The summed E-state index contributed by atoms with van der Waals surface area (Å²) in [5.74, 6) is -0.895. The van der Waals surface area contributed by atoms with E-state index in [9.17, 15) is 14.0 Å². The number of nitrogens with zero attached hydrogens (tertiary/aromatic N) is 3. The van der Waals surface area contributed by atoms with E-state index in [1.54, 1.807) is 21.7 Å². The van der Waals surface area contributed by atoms with Crippen LogP contribution >= 0.6 is 0 Å². The molecule has 1 aliphatic heterocycles. The van der Waals surface area contributed by atoms with Crippen molar-refractivity contribution in [1.82, 2.24) is 20.0 Å². The highest BCUT2D eigenvalue weighted by atomic mass is 19.1. The molecule has 28 heavy (non-hydrogen) atoms. The van der Waals surface area contributed by atoms with Gasteiger partial charge in [-0.3, -0.25) is 14.3 Å². The number of nitrogens with one attached hydrogen (secondary N) is 1. The van der Waals surface area contributed by atoms with Gasteiger partial charge in [0.05, 0.1) is 6.54 Å². The van der Waals surface area contributed by atoms with Gasteiger partial charge in [0.1, 0.15) is 11.5 Å². The lowest BCUT2D eigenvalue weighted by molar-refractivity contribution is 0.0683. The number of aromatic nitrogens is 2. The first kappa shape index (κ1) is 17.9. The van der Waals surface area contributed by atoms with Crippen LogP contribution in [0.5, 0.6) is 0 Å². The van der Waals surface area contributed by atoms with Crippen molar-refractivity contribution in [3.05, 3.63) is 89.0 Å². The number of fused-ring (bicyclic) bond motifs is 1. The smallest absolute Gasteiger partial charge is 0.272 e. The van der Waals surface area contributed by atoms with E-state index >= 15 is 0 Å². The summed E-state index contributed by atoms with van der Waals surface area (Å²) < 4.78 is 14.8. The lowest BCUT2D eigenvalue weighted by Gasteiger charge is -2.27. The van der Waals surface area contributed by atoms with E-state index < -0.39 is 5.91 Å². The molecular formula is C21H19FN4O2. The number of carbonyl (C=O) groups is 2. The zero-order valence-corrected chi connectivity index (χ0v) is 15.1. The van der Waals surface area contributed by atoms with E-state index in [1.807, 2.05) is 30.3 Å². The van der Waals surface area contributed by atoms with Crippen LogP contribution in [0.1, 0.15) is 32.1 Å². The third-order valence-electron chi connectivity index (χ3n) is 4.66. The number of rotatable bonds is 5.